The molecule has 1 aliphatic heterocycles. The van der Waals surface area contributed by atoms with Crippen LogP contribution in [0.3, 0.4) is 0 Å². The van der Waals surface area contributed by atoms with Gasteiger partial charge in [0, 0.05) is 23.2 Å². The van der Waals surface area contributed by atoms with Crippen LogP contribution < -0.4 is 11.2 Å². The molecule has 0 atom stereocenters. The first-order valence-corrected chi connectivity index (χ1v) is 12.2. The van der Waals surface area contributed by atoms with E-state index in [9.17, 15) is 31.9 Å². The van der Waals surface area contributed by atoms with Gasteiger partial charge in [-0.15, -0.1) is 0 Å². The van der Waals surface area contributed by atoms with Gasteiger partial charge in [0.15, 0.2) is 5.17 Å². The lowest BCUT2D eigenvalue weighted by Gasteiger charge is -2.17. The molecule has 2 heterocycles. The maximum Gasteiger partial charge on any atom is 0.431 e. The van der Waals surface area contributed by atoms with Gasteiger partial charge in [0.2, 0.25) is 5.91 Å². The largest absolute Gasteiger partial charge is 0.431 e. The fraction of sp³-hybridized carbons (Fsp3) is 0.182. The summed E-state index contributed by atoms with van der Waals surface area (Å²) in [5.74, 6) is -1.41. The molecule has 0 bridgehead atoms. The van der Waals surface area contributed by atoms with Gasteiger partial charge in [0.25, 0.3) is 5.56 Å². The number of carbonyl (C=O) groups is 1. The Kier molecular flexibility index (Phi) is 7.48. The minimum atomic E-state index is -4.98. The highest BCUT2D eigenvalue weighted by Crippen LogP contribution is 2.33. The van der Waals surface area contributed by atoms with Gasteiger partial charge in [-0.3, -0.25) is 19.1 Å². The van der Waals surface area contributed by atoms with Crippen molar-refractivity contribution in [1.29, 1.82) is 0 Å². The van der Waals surface area contributed by atoms with E-state index >= 15 is 0 Å². The molecule has 1 amide bonds. The summed E-state index contributed by atoms with van der Waals surface area (Å²) in [5, 5.41) is 0.662. The van der Waals surface area contributed by atoms with E-state index in [0.717, 1.165) is 30.9 Å². The number of halogens is 7. The quantitative estimate of drug-likeness (QED) is 0.378. The molecule has 15 heteroatoms. The molecular weight excluding hydrogens is 583 g/mol. The summed E-state index contributed by atoms with van der Waals surface area (Å²) in [6.07, 6.45) is -4.98. The van der Waals surface area contributed by atoms with Crippen molar-refractivity contribution < 1.29 is 22.4 Å². The number of rotatable bonds is 4. The van der Waals surface area contributed by atoms with E-state index in [2.05, 4.69) is 4.99 Å². The average molecular weight is 596 g/mol. The first kappa shape index (κ1) is 27.2. The van der Waals surface area contributed by atoms with Crippen LogP contribution in [-0.4, -0.2) is 30.9 Å². The molecule has 0 saturated carbocycles. The smallest absolute Gasteiger partial charge is 0.292 e. The van der Waals surface area contributed by atoms with Crippen LogP contribution in [-0.2, 0) is 24.6 Å². The highest BCUT2D eigenvalue weighted by atomic mass is 35.5. The Labute approximate surface area is 224 Å². The number of hydrogen-bond acceptors (Lipinski definition) is 5. The second-order valence-corrected chi connectivity index (χ2v) is 9.96. The van der Waals surface area contributed by atoms with Gasteiger partial charge < -0.3 is 0 Å². The van der Waals surface area contributed by atoms with Crippen molar-refractivity contribution in [1.82, 2.24) is 14.0 Å². The second kappa shape index (κ2) is 10.2. The molecule has 2 aromatic carbocycles. The highest BCUT2D eigenvalue weighted by Gasteiger charge is 2.35. The highest BCUT2D eigenvalue weighted by molar-refractivity contribution is 8.15. The van der Waals surface area contributed by atoms with Crippen molar-refractivity contribution in [3.05, 3.63) is 89.4 Å². The molecule has 1 saturated heterocycles. The van der Waals surface area contributed by atoms with Crippen LogP contribution in [0.5, 0.6) is 0 Å². The van der Waals surface area contributed by atoms with Crippen LogP contribution in [0.15, 0.2) is 51.0 Å². The normalized spacial score (nSPS) is 15.2. The third-order valence-electron chi connectivity index (χ3n) is 5.20. The Balaban J connectivity index is 1.80. The van der Waals surface area contributed by atoms with E-state index in [1.54, 1.807) is 12.1 Å². The van der Waals surface area contributed by atoms with E-state index < -0.39 is 34.6 Å². The van der Waals surface area contributed by atoms with E-state index in [-0.39, 0.29) is 49.3 Å². The Morgan fingerprint density at radius 1 is 1.00 bits per heavy atom. The summed E-state index contributed by atoms with van der Waals surface area (Å²) in [6, 6.07) is 6.63. The van der Waals surface area contributed by atoms with Gasteiger partial charge in [-0.1, -0.05) is 46.6 Å². The number of amides is 1. The topological polar surface area (TPSA) is 76.7 Å². The summed E-state index contributed by atoms with van der Waals surface area (Å²) < 4.78 is 54.7. The minimum absolute atomic E-state index is 0.0394. The zero-order chi connectivity index (χ0) is 27.2. The number of nitrogens with zero attached hydrogens (tertiary/aromatic N) is 4. The average Bonchev–Trinajstić information content (AvgIpc) is 3.11. The molecule has 37 heavy (non-hydrogen) atoms. The van der Waals surface area contributed by atoms with E-state index in [1.165, 1.54) is 11.0 Å². The van der Waals surface area contributed by atoms with Crippen LogP contribution in [0.25, 0.3) is 5.69 Å². The van der Waals surface area contributed by atoms with E-state index in [4.69, 9.17) is 34.8 Å². The molecular formula is C22H13Cl3F4N4O3S. The van der Waals surface area contributed by atoms with Crippen LogP contribution in [0.1, 0.15) is 11.3 Å². The zero-order valence-corrected chi connectivity index (χ0v) is 21.5. The first-order valence-electron chi connectivity index (χ1n) is 10.1. The summed E-state index contributed by atoms with van der Waals surface area (Å²) in [4.78, 5) is 43.2. The summed E-state index contributed by atoms with van der Waals surface area (Å²) in [7, 11) is 0.802. The maximum absolute atomic E-state index is 14.8. The first-order chi connectivity index (χ1) is 17.3. The number of alkyl halides is 3. The SMILES string of the molecule is Cn1c(C(F)(F)F)cc(=O)n(-c2cc(N=C3SCC(=O)N3Cc3cc(Cl)cc(Cl)c3)c(Cl)cc2F)c1=O. The molecule has 1 aromatic heterocycles. The van der Waals surface area contributed by atoms with Crippen LogP contribution in [0.4, 0.5) is 23.2 Å². The zero-order valence-electron chi connectivity index (χ0n) is 18.4. The Hall–Kier alpha value is -2.80. The summed E-state index contributed by atoms with van der Waals surface area (Å²) in [6.45, 7) is 0.0511. The fourth-order valence-corrected chi connectivity index (χ4v) is 5.19. The van der Waals surface area contributed by atoms with Crippen LogP contribution in [0.2, 0.25) is 15.1 Å². The van der Waals surface area contributed by atoms with Gasteiger partial charge in [0.05, 0.1) is 28.7 Å². The van der Waals surface area contributed by atoms with Crippen molar-refractivity contribution in [2.45, 2.75) is 12.7 Å². The molecule has 194 valence electrons. The lowest BCUT2D eigenvalue weighted by molar-refractivity contribution is -0.144. The number of aliphatic imine (C=N–C) groups is 1. The van der Waals surface area contributed by atoms with Gasteiger partial charge in [-0.25, -0.2) is 18.7 Å². The molecule has 0 aliphatic carbocycles. The predicted octanol–water partition coefficient (Wildman–Crippen LogP) is 5.42. The van der Waals surface area contributed by atoms with Gasteiger partial charge in [0.1, 0.15) is 11.5 Å². The Bertz CT molecular complexity index is 1570. The minimum Gasteiger partial charge on any atom is -0.292 e. The molecule has 4 rings (SSSR count). The molecule has 0 radical (unpaired) electrons. The van der Waals surface area contributed by atoms with Crippen molar-refractivity contribution >= 4 is 63.3 Å². The number of aromatic nitrogens is 2. The van der Waals surface area contributed by atoms with Crippen molar-refractivity contribution in [2.75, 3.05) is 5.75 Å². The standard InChI is InChI=1S/C22H13Cl3F4N4O3S/c1-31-17(22(27,28)29)7-18(34)33(21(31)36)16-6-15(13(25)5-14(16)26)30-20-32(19(35)9-37-20)8-10-2-11(23)4-12(24)3-10/h2-7H,8-9H2,1H3. The fourth-order valence-electron chi connectivity index (χ4n) is 3.53. The van der Waals surface area contributed by atoms with Crippen LogP contribution in [0, 0.1) is 5.82 Å². The number of amidine groups is 1. The monoisotopic (exact) mass is 594 g/mol. The maximum atomic E-state index is 14.8. The number of thioether (sulfide) groups is 1. The Morgan fingerprint density at radius 2 is 1.65 bits per heavy atom. The van der Waals surface area contributed by atoms with E-state index in [0.29, 0.717) is 15.6 Å². The molecule has 7 nitrogen and oxygen atoms in total. The third-order valence-corrected chi connectivity index (χ3v) is 6.90. The lowest BCUT2D eigenvalue weighted by atomic mass is 10.2. The third kappa shape index (κ3) is 5.57. The van der Waals surface area contributed by atoms with Gasteiger partial charge in [-0.05, 0) is 35.9 Å². The summed E-state index contributed by atoms with van der Waals surface area (Å²) in [5.41, 5.74) is -4.51. The molecule has 1 aliphatic rings. The second-order valence-electron chi connectivity index (χ2n) is 7.74. The van der Waals surface area contributed by atoms with E-state index in [1.807, 2.05) is 0 Å². The lowest BCUT2D eigenvalue weighted by Crippen LogP contribution is -2.41. The molecule has 3 aromatic rings. The molecule has 0 unspecified atom stereocenters. The number of carbonyl (C=O) groups excluding carboxylic acids is 1. The van der Waals surface area contributed by atoms with Crippen LogP contribution >= 0.6 is 46.6 Å². The van der Waals surface area contributed by atoms with Gasteiger partial charge in [-0.2, -0.15) is 13.2 Å². The predicted molar refractivity (Wildman–Crippen MR) is 134 cm³/mol. The molecule has 0 N–H and O–H groups in total. The van der Waals surface area contributed by atoms with Crippen molar-refractivity contribution in [3.8, 4) is 5.69 Å². The number of hydrogen-bond donors (Lipinski definition) is 0. The van der Waals surface area contributed by atoms with Gasteiger partial charge >= 0.3 is 11.9 Å². The van der Waals surface area contributed by atoms with Crippen molar-refractivity contribution in [2.24, 2.45) is 12.0 Å². The Morgan fingerprint density at radius 3 is 2.27 bits per heavy atom. The summed E-state index contributed by atoms with van der Waals surface area (Å²) >= 11 is 19.2. The molecule has 0 spiro atoms. The van der Waals surface area contributed by atoms with Crippen molar-refractivity contribution in [3.63, 3.8) is 0 Å². The molecule has 1 fully saturated rings. The number of benzene rings is 2.